The van der Waals surface area contributed by atoms with E-state index in [9.17, 15) is 9.90 Å². The van der Waals surface area contributed by atoms with Gasteiger partial charge in [-0.1, -0.05) is 48.5 Å². The third kappa shape index (κ3) is 3.00. The first-order valence-electron chi connectivity index (χ1n) is 7.26. The van der Waals surface area contributed by atoms with E-state index in [-0.39, 0.29) is 0 Å². The summed E-state index contributed by atoms with van der Waals surface area (Å²) in [6.45, 7) is 1.44. The van der Waals surface area contributed by atoms with E-state index in [1.807, 2.05) is 36.5 Å². The van der Waals surface area contributed by atoms with Gasteiger partial charge in [-0.25, -0.2) is 5.43 Å². The Morgan fingerprint density at radius 1 is 1.17 bits per heavy atom. The van der Waals surface area contributed by atoms with Crippen molar-refractivity contribution in [3.05, 3.63) is 71.9 Å². The van der Waals surface area contributed by atoms with Crippen LogP contribution in [-0.4, -0.2) is 22.2 Å². The Hall–Kier alpha value is -2.92. The van der Waals surface area contributed by atoms with Crippen molar-refractivity contribution in [3.63, 3.8) is 0 Å². The lowest BCUT2D eigenvalue weighted by atomic mass is 9.95. The summed E-state index contributed by atoms with van der Waals surface area (Å²) in [7, 11) is 0. The smallest absolute Gasteiger partial charge is 0.276 e. The second kappa shape index (κ2) is 6.06. The zero-order valence-corrected chi connectivity index (χ0v) is 12.7. The van der Waals surface area contributed by atoms with Crippen LogP contribution in [0.5, 0.6) is 0 Å². The molecule has 2 aromatic carbocycles. The molecule has 0 spiro atoms. The zero-order chi connectivity index (χ0) is 16.3. The Balaban J connectivity index is 1.74. The highest BCUT2D eigenvalue weighted by atomic mass is 16.3. The predicted molar refractivity (Wildman–Crippen MR) is 90.0 cm³/mol. The number of hydrazone groups is 1. The lowest BCUT2D eigenvalue weighted by Gasteiger charge is -2.21. The van der Waals surface area contributed by atoms with Gasteiger partial charge < -0.3 is 10.1 Å². The monoisotopic (exact) mass is 307 g/mol. The quantitative estimate of drug-likeness (QED) is 0.511. The maximum atomic E-state index is 12.2. The number of carbonyl (C=O) groups excluding carboxylic acids is 1. The van der Waals surface area contributed by atoms with E-state index in [1.165, 1.54) is 6.92 Å². The Kier molecular flexibility index (Phi) is 3.95. The summed E-state index contributed by atoms with van der Waals surface area (Å²) in [4.78, 5) is 15.3. The molecule has 0 aliphatic rings. The summed E-state index contributed by atoms with van der Waals surface area (Å²) in [5, 5.41) is 15.4. The topological polar surface area (TPSA) is 77.5 Å². The number of nitrogens with zero attached hydrogens (tertiary/aromatic N) is 1. The normalized spacial score (nSPS) is 14.0. The van der Waals surface area contributed by atoms with Gasteiger partial charge in [0.05, 0.1) is 6.21 Å². The van der Waals surface area contributed by atoms with Crippen molar-refractivity contribution in [1.82, 2.24) is 10.4 Å². The number of nitrogens with one attached hydrogen (secondary N) is 2. The van der Waals surface area contributed by atoms with Gasteiger partial charge in [0.25, 0.3) is 5.91 Å². The van der Waals surface area contributed by atoms with Gasteiger partial charge in [-0.15, -0.1) is 0 Å². The van der Waals surface area contributed by atoms with Crippen LogP contribution in [0.1, 0.15) is 18.1 Å². The molecule has 3 rings (SSSR count). The molecule has 23 heavy (non-hydrogen) atoms. The Morgan fingerprint density at radius 2 is 1.87 bits per heavy atom. The van der Waals surface area contributed by atoms with Crippen LogP contribution in [0.4, 0.5) is 0 Å². The van der Waals surface area contributed by atoms with Crippen LogP contribution in [-0.2, 0) is 10.4 Å². The molecule has 5 nitrogen and oxygen atoms in total. The lowest BCUT2D eigenvalue weighted by molar-refractivity contribution is -0.138. The molecular weight excluding hydrogens is 290 g/mol. The maximum Gasteiger partial charge on any atom is 0.276 e. The third-order valence-electron chi connectivity index (χ3n) is 3.77. The summed E-state index contributed by atoms with van der Waals surface area (Å²) in [5.74, 6) is -0.584. The van der Waals surface area contributed by atoms with Crippen molar-refractivity contribution in [1.29, 1.82) is 0 Å². The Bertz CT molecular complexity index is 851. The van der Waals surface area contributed by atoms with Gasteiger partial charge in [-0.3, -0.25) is 4.79 Å². The highest BCUT2D eigenvalue weighted by Gasteiger charge is 2.32. The van der Waals surface area contributed by atoms with Crippen molar-refractivity contribution in [3.8, 4) is 0 Å². The molecule has 3 N–H and O–H groups in total. The number of H-pyrrole nitrogens is 1. The molecule has 1 atom stereocenters. The zero-order valence-electron chi connectivity index (χ0n) is 12.7. The van der Waals surface area contributed by atoms with Crippen LogP contribution >= 0.6 is 0 Å². The first-order valence-corrected chi connectivity index (χ1v) is 7.26. The summed E-state index contributed by atoms with van der Waals surface area (Å²) < 4.78 is 0. The molecule has 3 aromatic rings. The first-order chi connectivity index (χ1) is 11.1. The minimum absolute atomic E-state index is 0.514. The van der Waals surface area contributed by atoms with Gasteiger partial charge in [0.1, 0.15) is 0 Å². The van der Waals surface area contributed by atoms with Crippen molar-refractivity contribution < 1.29 is 9.90 Å². The fourth-order valence-electron chi connectivity index (χ4n) is 2.36. The number of hydrogen-bond acceptors (Lipinski definition) is 3. The van der Waals surface area contributed by atoms with E-state index in [4.69, 9.17) is 0 Å². The number of amides is 1. The molecule has 1 heterocycles. The van der Waals surface area contributed by atoms with Crippen molar-refractivity contribution in [2.45, 2.75) is 12.5 Å². The minimum Gasteiger partial charge on any atom is -0.375 e. The SMILES string of the molecule is CC(O)(C(=O)N/N=C\c1c[nH]c2ccccc12)c1ccccc1. The lowest BCUT2D eigenvalue weighted by Crippen LogP contribution is -2.40. The summed E-state index contributed by atoms with van der Waals surface area (Å²) in [6.07, 6.45) is 3.37. The molecule has 1 amide bonds. The van der Waals surface area contributed by atoms with Crippen LogP contribution < -0.4 is 5.43 Å². The number of aromatic amines is 1. The molecule has 0 aliphatic heterocycles. The van der Waals surface area contributed by atoms with E-state index < -0.39 is 11.5 Å². The van der Waals surface area contributed by atoms with Gasteiger partial charge >= 0.3 is 0 Å². The largest absolute Gasteiger partial charge is 0.375 e. The van der Waals surface area contributed by atoms with Gasteiger partial charge in [0, 0.05) is 22.7 Å². The number of aliphatic hydroxyl groups is 1. The fraction of sp³-hybridized carbons (Fsp3) is 0.111. The molecule has 1 aromatic heterocycles. The average Bonchev–Trinajstić information content (AvgIpc) is 2.99. The second-order valence-corrected chi connectivity index (χ2v) is 5.43. The third-order valence-corrected chi connectivity index (χ3v) is 3.77. The molecule has 116 valence electrons. The van der Waals surface area contributed by atoms with Crippen molar-refractivity contribution in [2.24, 2.45) is 5.10 Å². The van der Waals surface area contributed by atoms with E-state index in [2.05, 4.69) is 15.5 Å². The van der Waals surface area contributed by atoms with Crippen molar-refractivity contribution in [2.75, 3.05) is 0 Å². The number of para-hydroxylation sites is 1. The van der Waals surface area contributed by atoms with Gasteiger partial charge in [0.15, 0.2) is 5.60 Å². The molecule has 0 fully saturated rings. The molecular formula is C18H17N3O2. The summed E-state index contributed by atoms with van der Waals surface area (Å²) in [6, 6.07) is 16.6. The van der Waals surface area contributed by atoms with Gasteiger partial charge in [-0.2, -0.15) is 5.10 Å². The fourth-order valence-corrected chi connectivity index (χ4v) is 2.36. The number of benzene rings is 2. The second-order valence-electron chi connectivity index (χ2n) is 5.43. The maximum absolute atomic E-state index is 12.2. The number of rotatable bonds is 4. The standard InChI is InChI=1S/C18H17N3O2/c1-18(23,14-7-3-2-4-8-14)17(22)21-20-12-13-11-19-16-10-6-5-9-15(13)16/h2-12,19,23H,1H3,(H,21,22)/b20-12-. The van der Waals surface area contributed by atoms with Crippen LogP contribution in [0.2, 0.25) is 0 Å². The number of hydrogen-bond donors (Lipinski definition) is 3. The van der Waals surface area contributed by atoms with Gasteiger partial charge in [0.2, 0.25) is 0 Å². The van der Waals surface area contributed by atoms with Gasteiger partial charge in [-0.05, 0) is 18.6 Å². The summed E-state index contributed by atoms with van der Waals surface area (Å²) >= 11 is 0. The average molecular weight is 307 g/mol. The van der Waals surface area contributed by atoms with E-state index in [0.29, 0.717) is 5.56 Å². The van der Waals surface area contributed by atoms with Crippen LogP contribution in [0.25, 0.3) is 10.9 Å². The molecule has 0 saturated heterocycles. The molecule has 5 heteroatoms. The van der Waals surface area contributed by atoms with Crippen molar-refractivity contribution >= 4 is 23.0 Å². The highest BCUT2D eigenvalue weighted by molar-refractivity contribution is 5.99. The minimum atomic E-state index is -1.64. The van der Waals surface area contributed by atoms with Crippen LogP contribution in [0.3, 0.4) is 0 Å². The first kappa shape index (κ1) is 15.0. The number of carbonyl (C=O) groups is 1. The van der Waals surface area contributed by atoms with E-state index in [1.54, 1.807) is 30.5 Å². The molecule has 1 unspecified atom stereocenters. The van der Waals surface area contributed by atoms with E-state index in [0.717, 1.165) is 16.5 Å². The van der Waals surface area contributed by atoms with Crippen LogP contribution in [0, 0.1) is 0 Å². The predicted octanol–water partition coefficient (Wildman–Crippen LogP) is 2.53. The molecule has 0 saturated carbocycles. The molecule has 0 bridgehead atoms. The Labute approximate surface area is 133 Å². The van der Waals surface area contributed by atoms with E-state index >= 15 is 0 Å². The highest BCUT2D eigenvalue weighted by Crippen LogP contribution is 2.20. The summed E-state index contributed by atoms with van der Waals surface area (Å²) in [5.41, 5.74) is 3.12. The Morgan fingerprint density at radius 3 is 2.65 bits per heavy atom. The molecule has 0 radical (unpaired) electrons. The molecule has 0 aliphatic carbocycles. The number of aromatic nitrogens is 1. The number of fused-ring (bicyclic) bond motifs is 1. The van der Waals surface area contributed by atoms with Crippen LogP contribution in [0.15, 0.2) is 65.9 Å².